The van der Waals surface area contributed by atoms with E-state index < -0.39 is 10.0 Å². The summed E-state index contributed by atoms with van der Waals surface area (Å²) in [5.41, 5.74) is 2.30. The lowest BCUT2D eigenvalue weighted by molar-refractivity contribution is 0.146. The van der Waals surface area contributed by atoms with Crippen molar-refractivity contribution in [2.24, 2.45) is 5.84 Å². The van der Waals surface area contributed by atoms with E-state index in [0.717, 1.165) is 0 Å². The lowest BCUT2D eigenvalue weighted by atomic mass is 10.5. The van der Waals surface area contributed by atoms with Crippen molar-refractivity contribution in [1.82, 2.24) is 9.71 Å². The molecule has 0 fully saturated rings. The molecule has 0 aromatic carbocycles. The second-order valence-electron chi connectivity index (χ2n) is 3.47. The van der Waals surface area contributed by atoms with Crippen LogP contribution in [0.4, 0.5) is 5.82 Å². The SMILES string of the molecule is CCOCCCNS(=O)(=O)c1ccnc(NN)c1. The Morgan fingerprint density at radius 1 is 1.50 bits per heavy atom. The zero-order valence-electron chi connectivity index (χ0n) is 10.2. The number of sulfonamides is 1. The molecule has 1 aromatic rings. The maximum Gasteiger partial charge on any atom is 0.240 e. The smallest absolute Gasteiger partial charge is 0.240 e. The maximum atomic E-state index is 11.9. The van der Waals surface area contributed by atoms with Gasteiger partial charge in [-0.3, -0.25) is 0 Å². The van der Waals surface area contributed by atoms with Gasteiger partial charge in [-0.25, -0.2) is 24.0 Å². The second kappa shape index (κ2) is 7.27. The van der Waals surface area contributed by atoms with Crippen molar-refractivity contribution in [2.45, 2.75) is 18.2 Å². The van der Waals surface area contributed by atoms with E-state index in [9.17, 15) is 8.42 Å². The first-order valence-corrected chi connectivity index (χ1v) is 7.08. The predicted octanol–water partition coefficient (Wildman–Crippen LogP) is 0.0721. The van der Waals surface area contributed by atoms with Gasteiger partial charge in [-0.2, -0.15) is 0 Å². The molecule has 0 radical (unpaired) electrons. The number of hydrogen-bond donors (Lipinski definition) is 3. The highest BCUT2D eigenvalue weighted by atomic mass is 32.2. The average Bonchev–Trinajstić information content (AvgIpc) is 2.38. The Morgan fingerprint density at radius 3 is 2.94 bits per heavy atom. The van der Waals surface area contributed by atoms with Gasteiger partial charge < -0.3 is 10.2 Å². The molecule has 1 rings (SSSR count). The van der Waals surface area contributed by atoms with Crippen molar-refractivity contribution >= 4 is 15.8 Å². The Morgan fingerprint density at radius 2 is 2.28 bits per heavy atom. The lowest BCUT2D eigenvalue weighted by Gasteiger charge is -2.07. The summed E-state index contributed by atoms with van der Waals surface area (Å²) in [5.74, 6) is 5.47. The minimum Gasteiger partial charge on any atom is -0.382 e. The standard InChI is InChI=1S/C10H18N4O3S/c1-2-17-7-3-5-13-18(15,16)9-4-6-12-10(8-9)14-11/h4,6,8,13H,2-3,5,7,11H2,1H3,(H,12,14). The molecule has 0 amide bonds. The topological polar surface area (TPSA) is 106 Å². The molecule has 7 nitrogen and oxygen atoms in total. The highest BCUT2D eigenvalue weighted by molar-refractivity contribution is 7.89. The Labute approximate surface area is 107 Å². The van der Waals surface area contributed by atoms with Gasteiger partial charge in [-0.15, -0.1) is 0 Å². The number of pyridine rings is 1. The van der Waals surface area contributed by atoms with E-state index in [2.05, 4.69) is 15.1 Å². The van der Waals surface area contributed by atoms with Crippen LogP contribution in [0.25, 0.3) is 0 Å². The van der Waals surface area contributed by atoms with Crippen LogP contribution in [0, 0.1) is 0 Å². The molecule has 0 spiro atoms. The molecule has 0 aliphatic heterocycles. The molecule has 0 atom stereocenters. The summed E-state index contributed by atoms with van der Waals surface area (Å²) in [6.45, 7) is 3.38. The molecular formula is C10H18N4O3S. The van der Waals surface area contributed by atoms with Crippen LogP contribution < -0.4 is 16.0 Å². The molecule has 0 saturated carbocycles. The molecule has 8 heteroatoms. The Bertz CT molecular complexity index is 464. The number of ether oxygens (including phenoxy) is 1. The van der Waals surface area contributed by atoms with Gasteiger partial charge in [0, 0.05) is 32.0 Å². The highest BCUT2D eigenvalue weighted by Gasteiger charge is 2.13. The van der Waals surface area contributed by atoms with Crippen LogP contribution >= 0.6 is 0 Å². The number of nitrogens with one attached hydrogen (secondary N) is 2. The molecule has 18 heavy (non-hydrogen) atoms. The maximum absolute atomic E-state index is 11.9. The number of nitrogens with zero attached hydrogens (tertiary/aromatic N) is 1. The van der Waals surface area contributed by atoms with E-state index in [0.29, 0.717) is 32.0 Å². The molecule has 0 aliphatic rings. The first kappa shape index (κ1) is 14.8. The zero-order chi connectivity index (χ0) is 13.4. The van der Waals surface area contributed by atoms with Gasteiger partial charge in [0.2, 0.25) is 10.0 Å². The van der Waals surface area contributed by atoms with Crippen LogP contribution in [0.3, 0.4) is 0 Å². The summed E-state index contributed by atoms with van der Waals surface area (Å²) in [4.78, 5) is 3.97. The number of aromatic nitrogens is 1. The first-order valence-electron chi connectivity index (χ1n) is 5.60. The van der Waals surface area contributed by atoms with Crippen LogP contribution in [0.5, 0.6) is 0 Å². The third-order valence-electron chi connectivity index (χ3n) is 2.15. The third kappa shape index (κ3) is 4.57. The minimum atomic E-state index is -3.52. The second-order valence-corrected chi connectivity index (χ2v) is 5.24. The van der Waals surface area contributed by atoms with Crippen molar-refractivity contribution in [3.05, 3.63) is 18.3 Å². The number of anilines is 1. The van der Waals surface area contributed by atoms with Gasteiger partial charge >= 0.3 is 0 Å². The van der Waals surface area contributed by atoms with Gasteiger partial charge in [0.15, 0.2) is 0 Å². The molecule has 4 N–H and O–H groups in total. The van der Waals surface area contributed by atoms with Crippen molar-refractivity contribution in [3.8, 4) is 0 Å². The van der Waals surface area contributed by atoms with E-state index in [1.165, 1.54) is 18.3 Å². The van der Waals surface area contributed by atoms with Crippen LogP contribution in [0.15, 0.2) is 23.2 Å². The van der Waals surface area contributed by atoms with Crippen molar-refractivity contribution in [2.75, 3.05) is 25.2 Å². The lowest BCUT2D eigenvalue weighted by Crippen LogP contribution is -2.26. The molecule has 102 valence electrons. The summed E-state index contributed by atoms with van der Waals surface area (Å²) in [6.07, 6.45) is 2.00. The fraction of sp³-hybridized carbons (Fsp3) is 0.500. The van der Waals surface area contributed by atoms with Crippen molar-refractivity contribution < 1.29 is 13.2 Å². The Kier molecular flexibility index (Phi) is 5.99. The van der Waals surface area contributed by atoms with E-state index >= 15 is 0 Å². The van der Waals surface area contributed by atoms with Crippen LogP contribution in [0.1, 0.15) is 13.3 Å². The average molecular weight is 274 g/mol. The molecule has 0 unspecified atom stereocenters. The third-order valence-corrected chi connectivity index (χ3v) is 3.61. The molecule has 0 aliphatic carbocycles. The summed E-state index contributed by atoms with van der Waals surface area (Å²) in [6, 6.07) is 2.77. The monoisotopic (exact) mass is 274 g/mol. The summed E-state index contributed by atoms with van der Waals surface area (Å²) >= 11 is 0. The highest BCUT2D eigenvalue weighted by Crippen LogP contribution is 2.11. The van der Waals surface area contributed by atoms with Gasteiger partial charge in [0.05, 0.1) is 4.90 Å². The molecule has 1 heterocycles. The number of rotatable bonds is 8. The number of nitrogen functional groups attached to an aromatic ring is 1. The molecular weight excluding hydrogens is 256 g/mol. The van der Waals surface area contributed by atoms with E-state index in [1.807, 2.05) is 6.92 Å². The Hall–Kier alpha value is -1.22. The summed E-state index contributed by atoms with van der Waals surface area (Å²) < 4.78 is 31.4. The van der Waals surface area contributed by atoms with Crippen molar-refractivity contribution in [3.63, 3.8) is 0 Å². The minimum absolute atomic E-state index is 0.127. The molecule has 0 saturated heterocycles. The van der Waals surface area contributed by atoms with Crippen LogP contribution in [-0.2, 0) is 14.8 Å². The predicted molar refractivity (Wildman–Crippen MR) is 68.3 cm³/mol. The van der Waals surface area contributed by atoms with Gasteiger partial charge in [-0.05, 0) is 19.4 Å². The van der Waals surface area contributed by atoms with E-state index in [1.54, 1.807) is 0 Å². The van der Waals surface area contributed by atoms with Crippen LogP contribution in [-0.4, -0.2) is 33.2 Å². The summed E-state index contributed by atoms with van der Waals surface area (Å²) in [7, 11) is -3.52. The fourth-order valence-electron chi connectivity index (χ4n) is 1.27. The summed E-state index contributed by atoms with van der Waals surface area (Å²) in [5, 5.41) is 0. The Balaban J connectivity index is 2.57. The first-order chi connectivity index (χ1) is 8.60. The van der Waals surface area contributed by atoms with Crippen molar-refractivity contribution in [1.29, 1.82) is 0 Å². The fourth-order valence-corrected chi connectivity index (χ4v) is 2.35. The van der Waals surface area contributed by atoms with E-state index in [-0.39, 0.29) is 4.90 Å². The number of hydrogen-bond acceptors (Lipinski definition) is 6. The number of nitrogens with two attached hydrogens (primary N) is 1. The molecule has 0 bridgehead atoms. The van der Waals surface area contributed by atoms with E-state index in [4.69, 9.17) is 10.6 Å². The zero-order valence-corrected chi connectivity index (χ0v) is 11.0. The van der Waals surface area contributed by atoms with Crippen LogP contribution in [0.2, 0.25) is 0 Å². The largest absolute Gasteiger partial charge is 0.382 e. The van der Waals surface area contributed by atoms with Gasteiger partial charge in [0.25, 0.3) is 0 Å². The number of hydrazine groups is 1. The van der Waals surface area contributed by atoms with Gasteiger partial charge in [-0.1, -0.05) is 0 Å². The molecule has 1 aromatic heterocycles. The van der Waals surface area contributed by atoms with Gasteiger partial charge in [0.1, 0.15) is 5.82 Å². The quantitative estimate of drug-likeness (QED) is 0.352. The normalized spacial score (nSPS) is 11.4.